The molecule has 22 heavy (non-hydrogen) atoms. The number of benzene rings is 2. The summed E-state index contributed by atoms with van der Waals surface area (Å²) in [6.45, 7) is 3.99. The molecular formula is C18H20N2O2. The zero-order chi connectivity index (χ0) is 15.9. The van der Waals surface area contributed by atoms with Crippen molar-refractivity contribution in [3.63, 3.8) is 0 Å². The SMILES string of the molecule is CCC(=NNC(=O)C(O)c1ccccc1)c1ccc(C)cc1. The second-order valence-corrected chi connectivity index (χ2v) is 5.07. The second kappa shape index (κ2) is 7.52. The number of carbonyl (C=O) groups is 1. The Balaban J connectivity index is 2.08. The summed E-state index contributed by atoms with van der Waals surface area (Å²) in [5, 5.41) is 14.1. The molecule has 0 saturated heterocycles. The van der Waals surface area contributed by atoms with Crippen LogP contribution >= 0.6 is 0 Å². The lowest BCUT2D eigenvalue weighted by molar-refractivity contribution is -0.129. The quantitative estimate of drug-likeness (QED) is 0.658. The Labute approximate surface area is 130 Å². The Morgan fingerprint density at radius 1 is 1.14 bits per heavy atom. The second-order valence-electron chi connectivity index (χ2n) is 5.07. The van der Waals surface area contributed by atoms with Crippen molar-refractivity contribution in [3.8, 4) is 0 Å². The maximum atomic E-state index is 12.0. The Bertz CT molecular complexity index is 649. The van der Waals surface area contributed by atoms with Gasteiger partial charge >= 0.3 is 0 Å². The van der Waals surface area contributed by atoms with Crippen LogP contribution in [0, 0.1) is 6.92 Å². The van der Waals surface area contributed by atoms with Gasteiger partial charge < -0.3 is 5.11 Å². The van der Waals surface area contributed by atoms with E-state index in [4.69, 9.17) is 0 Å². The van der Waals surface area contributed by atoms with Gasteiger partial charge in [-0.15, -0.1) is 0 Å². The summed E-state index contributed by atoms with van der Waals surface area (Å²) >= 11 is 0. The number of hydrogen-bond acceptors (Lipinski definition) is 3. The third-order valence-electron chi connectivity index (χ3n) is 3.38. The fourth-order valence-corrected chi connectivity index (χ4v) is 2.06. The van der Waals surface area contributed by atoms with Gasteiger partial charge in [0.05, 0.1) is 5.71 Å². The van der Waals surface area contributed by atoms with Crippen LogP contribution in [-0.4, -0.2) is 16.7 Å². The largest absolute Gasteiger partial charge is 0.378 e. The van der Waals surface area contributed by atoms with Gasteiger partial charge in [-0.05, 0) is 24.5 Å². The molecule has 2 aromatic carbocycles. The highest BCUT2D eigenvalue weighted by Crippen LogP contribution is 2.12. The van der Waals surface area contributed by atoms with Gasteiger partial charge in [-0.3, -0.25) is 4.79 Å². The van der Waals surface area contributed by atoms with E-state index in [0.29, 0.717) is 12.0 Å². The summed E-state index contributed by atoms with van der Waals surface area (Å²) in [7, 11) is 0. The molecule has 2 rings (SSSR count). The standard InChI is InChI=1S/C18H20N2O2/c1-3-16(14-11-9-13(2)10-12-14)19-20-18(22)17(21)15-7-5-4-6-8-15/h4-12,17,21H,3H2,1-2H3,(H,20,22). The normalized spacial score (nSPS) is 12.8. The lowest BCUT2D eigenvalue weighted by atomic mass is 10.1. The molecule has 0 heterocycles. The molecule has 0 radical (unpaired) electrons. The fourth-order valence-electron chi connectivity index (χ4n) is 2.06. The van der Waals surface area contributed by atoms with Gasteiger partial charge in [-0.2, -0.15) is 5.10 Å². The summed E-state index contributed by atoms with van der Waals surface area (Å²) in [4.78, 5) is 12.0. The first-order valence-electron chi connectivity index (χ1n) is 7.28. The number of nitrogens with one attached hydrogen (secondary N) is 1. The summed E-state index contributed by atoms with van der Waals surface area (Å²) in [5.74, 6) is -0.538. The van der Waals surface area contributed by atoms with Crippen molar-refractivity contribution in [2.24, 2.45) is 5.10 Å². The van der Waals surface area contributed by atoms with Gasteiger partial charge in [-0.25, -0.2) is 5.43 Å². The van der Waals surface area contributed by atoms with E-state index < -0.39 is 12.0 Å². The smallest absolute Gasteiger partial charge is 0.273 e. The molecule has 1 atom stereocenters. The van der Waals surface area contributed by atoms with E-state index in [1.807, 2.05) is 44.2 Å². The molecule has 0 aliphatic carbocycles. The Kier molecular flexibility index (Phi) is 5.44. The molecule has 0 spiro atoms. The third kappa shape index (κ3) is 4.02. The van der Waals surface area contributed by atoms with Gasteiger partial charge in [0.1, 0.15) is 0 Å². The number of aryl methyl sites for hydroxylation is 1. The van der Waals surface area contributed by atoms with Crippen LogP contribution in [0.5, 0.6) is 0 Å². The number of hydrazone groups is 1. The van der Waals surface area contributed by atoms with Crippen molar-refractivity contribution >= 4 is 11.6 Å². The van der Waals surface area contributed by atoms with E-state index in [1.54, 1.807) is 24.3 Å². The van der Waals surface area contributed by atoms with Gasteiger partial charge in [-0.1, -0.05) is 67.1 Å². The van der Waals surface area contributed by atoms with Gasteiger partial charge in [0.25, 0.3) is 5.91 Å². The van der Waals surface area contributed by atoms with Crippen LogP contribution in [-0.2, 0) is 4.79 Å². The molecule has 4 heteroatoms. The van der Waals surface area contributed by atoms with E-state index in [9.17, 15) is 9.90 Å². The van der Waals surface area contributed by atoms with Crippen LogP contribution in [0.2, 0.25) is 0 Å². The van der Waals surface area contributed by atoms with E-state index in [-0.39, 0.29) is 0 Å². The summed E-state index contributed by atoms with van der Waals surface area (Å²) in [5.41, 5.74) is 5.89. The van der Waals surface area contributed by atoms with E-state index in [2.05, 4.69) is 10.5 Å². The maximum Gasteiger partial charge on any atom is 0.273 e. The minimum Gasteiger partial charge on any atom is -0.378 e. The van der Waals surface area contributed by atoms with Crippen LogP contribution in [0.4, 0.5) is 0 Å². The van der Waals surface area contributed by atoms with Crippen LogP contribution in [0.3, 0.4) is 0 Å². The highest BCUT2D eigenvalue weighted by atomic mass is 16.3. The molecule has 1 unspecified atom stereocenters. The predicted octanol–water partition coefficient (Wildman–Crippen LogP) is 2.96. The Hall–Kier alpha value is -2.46. The number of aliphatic hydroxyl groups is 1. The van der Waals surface area contributed by atoms with E-state index in [1.165, 1.54) is 5.56 Å². The molecule has 0 fully saturated rings. The predicted molar refractivity (Wildman–Crippen MR) is 87.6 cm³/mol. The van der Waals surface area contributed by atoms with Crippen molar-refractivity contribution in [3.05, 3.63) is 71.3 Å². The maximum absolute atomic E-state index is 12.0. The van der Waals surface area contributed by atoms with Crippen molar-refractivity contribution in [1.29, 1.82) is 0 Å². The molecule has 114 valence electrons. The molecule has 0 aromatic heterocycles. The van der Waals surface area contributed by atoms with Crippen LogP contribution in [0.15, 0.2) is 59.7 Å². The topological polar surface area (TPSA) is 61.7 Å². The molecule has 4 nitrogen and oxygen atoms in total. The van der Waals surface area contributed by atoms with Gasteiger partial charge in [0, 0.05) is 0 Å². The molecular weight excluding hydrogens is 276 g/mol. The monoisotopic (exact) mass is 296 g/mol. The first-order chi connectivity index (χ1) is 10.6. The van der Waals surface area contributed by atoms with Crippen molar-refractivity contribution in [2.75, 3.05) is 0 Å². The summed E-state index contributed by atoms with van der Waals surface area (Å²) in [6.07, 6.45) is -0.536. The van der Waals surface area contributed by atoms with Crippen molar-refractivity contribution in [2.45, 2.75) is 26.4 Å². The lowest BCUT2D eigenvalue weighted by Gasteiger charge is -2.10. The number of carbonyl (C=O) groups excluding carboxylic acids is 1. The first kappa shape index (κ1) is 15.9. The van der Waals surface area contributed by atoms with Gasteiger partial charge in [0.15, 0.2) is 6.10 Å². The summed E-state index contributed by atoms with van der Waals surface area (Å²) in [6, 6.07) is 16.7. The number of rotatable bonds is 5. The molecule has 0 aliphatic heterocycles. The van der Waals surface area contributed by atoms with Crippen molar-refractivity contribution in [1.82, 2.24) is 5.43 Å². The molecule has 2 N–H and O–H groups in total. The number of nitrogens with zero attached hydrogens (tertiary/aromatic N) is 1. The highest BCUT2D eigenvalue weighted by Gasteiger charge is 2.16. The Morgan fingerprint density at radius 3 is 2.36 bits per heavy atom. The number of aliphatic hydroxyl groups excluding tert-OH is 1. The average molecular weight is 296 g/mol. The fraction of sp³-hybridized carbons (Fsp3) is 0.222. The lowest BCUT2D eigenvalue weighted by Crippen LogP contribution is -2.26. The van der Waals surface area contributed by atoms with Crippen LogP contribution in [0.25, 0.3) is 0 Å². The number of amides is 1. The zero-order valence-corrected chi connectivity index (χ0v) is 12.8. The van der Waals surface area contributed by atoms with E-state index in [0.717, 1.165) is 11.3 Å². The summed E-state index contributed by atoms with van der Waals surface area (Å²) < 4.78 is 0. The van der Waals surface area contributed by atoms with Crippen molar-refractivity contribution < 1.29 is 9.90 Å². The highest BCUT2D eigenvalue weighted by molar-refractivity contribution is 6.01. The zero-order valence-electron chi connectivity index (χ0n) is 12.8. The van der Waals surface area contributed by atoms with Crippen LogP contribution < -0.4 is 5.43 Å². The first-order valence-corrected chi connectivity index (χ1v) is 7.28. The third-order valence-corrected chi connectivity index (χ3v) is 3.38. The Morgan fingerprint density at radius 2 is 1.77 bits per heavy atom. The molecule has 0 aliphatic rings. The molecule has 1 amide bonds. The molecule has 0 bridgehead atoms. The average Bonchev–Trinajstić information content (AvgIpc) is 2.56. The molecule has 0 saturated carbocycles. The minimum absolute atomic E-state index is 0.538. The molecule has 2 aromatic rings. The van der Waals surface area contributed by atoms with E-state index >= 15 is 0 Å². The number of hydrogen-bond donors (Lipinski definition) is 2. The minimum atomic E-state index is -1.22. The van der Waals surface area contributed by atoms with Crippen LogP contribution in [0.1, 0.15) is 36.1 Å². The van der Waals surface area contributed by atoms with Gasteiger partial charge in [0.2, 0.25) is 0 Å².